The Hall–Kier alpha value is -2.27. The SMILES string of the molecule is CCc1ccc(C(Cl)c2ccc3[nH]c(=O)c(=O)[nH]c3c2)o1. The molecule has 1 unspecified atom stereocenters. The third-order valence-electron chi connectivity index (χ3n) is 3.32. The highest BCUT2D eigenvalue weighted by molar-refractivity contribution is 6.22. The van der Waals surface area contributed by atoms with Crippen LogP contribution >= 0.6 is 11.6 Å². The van der Waals surface area contributed by atoms with Crippen molar-refractivity contribution in [2.24, 2.45) is 0 Å². The highest BCUT2D eigenvalue weighted by Gasteiger charge is 2.15. The van der Waals surface area contributed by atoms with E-state index in [2.05, 4.69) is 9.97 Å². The van der Waals surface area contributed by atoms with Gasteiger partial charge in [0, 0.05) is 6.42 Å². The zero-order chi connectivity index (χ0) is 15.0. The maximum atomic E-state index is 11.4. The first-order chi connectivity index (χ1) is 10.1. The van der Waals surface area contributed by atoms with E-state index in [-0.39, 0.29) is 0 Å². The molecule has 2 N–H and O–H groups in total. The van der Waals surface area contributed by atoms with Gasteiger partial charge in [-0.3, -0.25) is 9.59 Å². The van der Waals surface area contributed by atoms with Gasteiger partial charge in [-0.1, -0.05) is 13.0 Å². The summed E-state index contributed by atoms with van der Waals surface area (Å²) in [5.74, 6) is 1.52. The number of fused-ring (bicyclic) bond motifs is 1. The van der Waals surface area contributed by atoms with Gasteiger partial charge in [0.05, 0.1) is 11.0 Å². The first kappa shape index (κ1) is 13.7. The summed E-state index contributed by atoms with van der Waals surface area (Å²) in [7, 11) is 0. The number of benzene rings is 1. The number of aryl methyl sites for hydroxylation is 1. The fourth-order valence-corrected chi connectivity index (χ4v) is 2.43. The van der Waals surface area contributed by atoms with Gasteiger partial charge in [-0.15, -0.1) is 11.6 Å². The number of rotatable bonds is 3. The number of alkyl halides is 1. The number of H-pyrrole nitrogens is 2. The summed E-state index contributed by atoms with van der Waals surface area (Å²) in [5, 5.41) is -0.454. The van der Waals surface area contributed by atoms with Gasteiger partial charge in [-0.25, -0.2) is 0 Å². The predicted molar refractivity (Wildman–Crippen MR) is 81.0 cm³/mol. The standard InChI is InChI=1S/C15H13ClN2O3/c1-2-9-4-6-12(21-9)13(16)8-3-5-10-11(7-8)18-15(20)14(19)17-10/h3-7,13H,2H2,1H3,(H,17,19)(H,18,20). The van der Waals surface area contributed by atoms with E-state index < -0.39 is 16.5 Å². The van der Waals surface area contributed by atoms with Crippen molar-refractivity contribution in [2.75, 3.05) is 0 Å². The molecular formula is C15H13ClN2O3. The Bertz CT molecular complexity index is 907. The smallest absolute Gasteiger partial charge is 0.314 e. The lowest BCUT2D eigenvalue weighted by Gasteiger charge is -2.08. The number of hydrogen-bond acceptors (Lipinski definition) is 3. The summed E-state index contributed by atoms with van der Waals surface area (Å²) >= 11 is 6.42. The highest BCUT2D eigenvalue weighted by Crippen LogP contribution is 2.31. The first-order valence-corrected chi connectivity index (χ1v) is 7.01. The summed E-state index contributed by atoms with van der Waals surface area (Å²) in [6, 6.07) is 8.98. The van der Waals surface area contributed by atoms with Gasteiger partial charge in [0.2, 0.25) is 0 Å². The highest BCUT2D eigenvalue weighted by atomic mass is 35.5. The molecule has 0 radical (unpaired) electrons. The van der Waals surface area contributed by atoms with Gasteiger partial charge in [0.15, 0.2) is 0 Å². The minimum absolute atomic E-state index is 0.454. The van der Waals surface area contributed by atoms with Crippen molar-refractivity contribution in [1.29, 1.82) is 0 Å². The van der Waals surface area contributed by atoms with Crippen LogP contribution in [0.15, 0.2) is 44.3 Å². The molecule has 3 rings (SSSR count). The maximum Gasteiger partial charge on any atom is 0.314 e. The van der Waals surface area contributed by atoms with Crippen molar-refractivity contribution in [1.82, 2.24) is 9.97 Å². The van der Waals surface area contributed by atoms with Crippen LogP contribution in [-0.4, -0.2) is 9.97 Å². The third kappa shape index (κ3) is 2.52. The molecule has 3 aromatic rings. The van der Waals surface area contributed by atoms with Crippen molar-refractivity contribution >= 4 is 22.6 Å². The van der Waals surface area contributed by atoms with Gasteiger partial charge in [0.1, 0.15) is 16.9 Å². The van der Waals surface area contributed by atoms with Crippen molar-refractivity contribution in [3.05, 3.63) is 68.1 Å². The molecule has 1 atom stereocenters. The second-order valence-electron chi connectivity index (χ2n) is 4.73. The van der Waals surface area contributed by atoms with Crippen LogP contribution in [0.3, 0.4) is 0 Å². The van der Waals surface area contributed by atoms with E-state index in [4.69, 9.17) is 16.0 Å². The zero-order valence-corrected chi connectivity index (χ0v) is 12.0. The summed E-state index contributed by atoms with van der Waals surface area (Å²) in [5.41, 5.74) is 0.517. The van der Waals surface area contributed by atoms with Crippen LogP contribution in [0.5, 0.6) is 0 Å². The van der Waals surface area contributed by atoms with Crippen LogP contribution < -0.4 is 11.1 Å². The second kappa shape index (κ2) is 5.26. The lowest BCUT2D eigenvalue weighted by Crippen LogP contribution is -2.28. The molecule has 1 aromatic carbocycles. The number of furan rings is 1. The van der Waals surface area contributed by atoms with Gasteiger partial charge in [0.25, 0.3) is 0 Å². The molecule has 0 aliphatic carbocycles. The van der Waals surface area contributed by atoms with Gasteiger partial charge >= 0.3 is 11.1 Å². The Balaban J connectivity index is 2.05. The van der Waals surface area contributed by atoms with E-state index in [1.165, 1.54) is 0 Å². The average molecular weight is 305 g/mol. The minimum atomic E-state index is -0.683. The first-order valence-electron chi connectivity index (χ1n) is 6.57. The molecule has 0 saturated carbocycles. The summed E-state index contributed by atoms with van der Waals surface area (Å²) in [6.07, 6.45) is 0.801. The summed E-state index contributed by atoms with van der Waals surface area (Å²) < 4.78 is 5.64. The molecule has 0 aliphatic heterocycles. The number of nitrogens with one attached hydrogen (secondary N) is 2. The fraction of sp³-hybridized carbons (Fsp3) is 0.200. The van der Waals surface area contributed by atoms with Crippen LogP contribution in [0.4, 0.5) is 0 Å². The van der Waals surface area contributed by atoms with E-state index in [0.717, 1.165) is 17.7 Å². The molecule has 0 fully saturated rings. The van der Waals surface area contributed by atoms with Crippen molar-refractivity contribution in [2.45, 2.75) is 18.7 Å². The lowest BCUT2D eigenvalue weighted by molar-refractivity contribution is 0.474. The lowest BCUT2D eigenvalue weighted by atomic mass is 10.1. The molecule has 0 bridgehead atoms. The quantitative estimate of drug-likeness (QED) is 0.577. The van der Waals surface area contributed by atoms with Gasteiger partial charge < -0.3 is 14.4 Å². The second-order valence-corrected chi connectivity index (χ2v) is 5.17. The molecule has 2 heterocycles. The summed E-state index contributed by atoms with van der Waals surface area (Å²) in [6.45, 7) is 2.00. The normalized spacial score (nSPS) is 12.7. The van der Waals surface area contributed by atoms with E-state index in [1.54, 1.807) is 18.2 Å². The number of hydrogen-bond donors (Lipinski definition) is 2. The van der Waals surface area contributed by atoms with E-state index >= 15 is 0 Å². The summed E-state index contributed by atoms with van der Waals surface area (Å²) in [4.78, 5) is 27.7. The fourth-order valence-electron chi connectivity index (χ4n) is 2.18. The molecule has 0 saturated heterocycles. The monoisotopic (exact) mass is 304 g/mol. The molecule has 2 aromatic heterocycles. The minimum Gasteiger partial charge on any atom is -0.464 e. The Morgan fingerprint density at radius 1 is 1.10 bits per heavy atom. The van der Waals surface area contributed by atoms with Crippen LogP contribution in [0, 0.1) is 0 Å². The van der Waals surface area contributed by atoms with E-state index in [0.29, 0.717) is 16.8 Å². The van der Waals surface area contributed by atoms with Crippen LogP contribution in [-0.2, 0) is 6.42 Å². The van der Waals surface area contributed by atoms with E-state index in [1.807, 2.05) is 19.1 Å². The molecule has 108 valence electrons. The number of halogens is 1. The molecule has 21 heavy (non-hydrogen) atoms. The molecule has 6 heteroatoms. The topological polar surface area (TPSA) is 78.9 Å². The molecular weight excluding hydrogens is 292 g/mol. The van der Waals surface area contributed by atoms with Gasteiger partial charge in [-0.2, -0.15) is 0 Å². The molecule has 5 nitrogen and oxygen atoms in total. The van der Waals surface area contributed by atoms with Crippen molar-refractivity contribution in [3.8, 4) is 0 Å². The largest absolute Gasteiger partial charge is 0.464 e. The Morgan fingerprint density at radius 3 is 2.48 bits per heavy atom. The zero-order valence-electron chi connectivity index (χ0n) is 11.3. The predicted octanol–water partition coefficient (Wildman–Crippen LogP) is 2.70. The Kier molecular flexibility index (Phi) is 3.43. The number of aromatic amines is 2. The van der Waals surface area contributed by atoms with E-state index in [9.17, 15) is 9.59 Å². The third-order valence-corrected chi connectivity index (χ3v) is 3.79. The molecule has 0 aliphatic rings. The van der Waals surface area contributed by atoms with Crippen LogP contribution in [0.2, 0.25) is 0 Å². The van der Waals surface area contributed by atoms with Crippen molar-refractivity contribution in [3.63, 3.8) is 0 Å². The number of aromatic nitrogens is 2. The molecule has 0 amide bonds. The average Bonchev–Trinajstić information content (AvgIpc) is 2.96. The molecule has 0 spiro atoms. The Labute approximate surface area is 124 Å². The van der Waals surface area contributed by atoms with Crippen molar-refractivity contribution < 1.29 is 4.42 Å². The van der Waals surface area contributed by atoms with Crippen LogP contribution in [0.25, 0.3) is 11.0 Å². The maximum absolute atomic E-state index is 11.4. The van der Waals surface area contributed by atoms with Crippen LogP contribution in [0.1, 0.15) is 29.4 Å². The Morgan fingerprint density at radius 2 is 1.81 bits per heavy atom. The van der Waals surface area contributed by atoms with Gasteiger partial charge in [-0.05, 0) is 29.8 Å².